The van der Waals surface area contributed by atoms with Gasteiger partial charge in [0, 0.05) is 35.5 Å². The molecule has 0 bridgehead atoms. The van der Waals surface area contributed by atoms with E-state index in [1.165, 1.54) is 0 Å². The van der Waals surface area contributed by atoms with Gasteiger partial charge >= 0.3 is 0 Å². The molecule has 4 aromatic rings. The summed E-state index contributed by atoms with van der Waals surface area (Å²) in [4.78, 5) is 18.1. The van der Waals surface area contributed by atoms with Crippen molar-refractivity contribution in [1.29, 1.82) is 0 Å². The van der Waals surface area contributed by atoms with Crippen molar-refractivity contribution in [2.24, 2.45) is 7.05 Å². The van der Waals surface area contributed by atoms with Gasteiger partial charge in [-0.25, -0.2) is 4.98 Å². The molecule has 1 saturated carbocycles. The molecule has 1 amide bonds. The van der Waals surface area contributed by atoms with Crippen LogP contribution in [-0.4, -0.2) is 32.9 Å². The van der Waals surface area contributed by atoms with Gasteiger partial charge in [-0.1, -0.05) is 5.16 Å². The maximum atomic E-state index is 13.5. The van der Waals surface area contributed by atoms with Gasteiger partial charge in [0.15, 0.2) is 0 Å². The number of carbonyl (C=O) groups is 1. The summed E-state index contributed by atoms with van der Waals surface area (Å²) < 4.78 is 12.7. The van der Waals surface area contributed by atoms with Crippen LogP contribution in [0.2, 0.25) is 0 Å². The third kappa shape index (κ3) is 3.51. The Bertz CT molecular complexity index is 1300. The summed E-state index contributed by atoms with van der Waals surface area (Å²) in [6, 6.07) is 9.20. The highest BCUT2D eigenvalue weighted by Gasteiger charge is 2.30. The van der Waals surface area contributed by atoms with Gasteiger partial charge in [-0.2, -0.15) is 5.10 Å². The predicted octanol–water partition coefficient (Wildman–Crippen LogP) is 4.31. The van der Waals surface area contributed by atoms with E-state index in [-0.39, 0.29) is 11.9 Å². The normalized spacial score (nSPS) is 14.5. The first-order chi connectivity index (χ1) is 15.5. The van der Waals surface area contributed by atoms with Crippen LogP contribution in [0.1, 0.15) is 59.0 Å². The van der Waals surface area contributed by atoms with Crippen molar-refractivity contribution in [1.82, 2.24) is 25.2 Å². The van der Waals surface area contributed by atoms with Crippen molar-refractivity contribution < 1.29 is 14.1 Å². The third-order valence-electron chi connectivity index (χ3n) is 6.16. The summed E-state index contributed by atoms with van der Waals surface area (Å²) in [7, 11) is 3.51. The molecular formula is C24H25N5O3. The fraction of sp³-hybridized carbons (Fsp3) is 0.333. The highest BCUT2D eigenvalue weighted by atomic mass is 16.5. The Balaban J connectivity index is 1.57. The van der Waals surface area contributed by atoms with Crippen molar-refractivity contribution in [3.05, 3.63) is 59.0 Å². The molecule has 3 heterocycles. The van der Waals surface area contributed by atoms with E-state index >= 15 is 0 Å². The zero-order chi connectivity index (χ0) is 22.4. The maximum Gasteiger partial charge on any atom is 0.259 e. The van der Waals surface area contributed by atoms with E-state index < -0.39 is 0 Å². The molecule has 164 valence electrons. The number of aromatic nitrogens is 4. The fourth-order valence-corrected chi connectivity index (χ4v) is 3.98. The summed E-state index contributed by atoms with van der Waals surface area (Å²) >= 11 is 0. The number of nitrogens with one attached hydrogen (secondary N) is 1. The minimum absolute atomic E-state index is 0.187. The standard InChI is InChI=1S/C24H25N5O3/c1-13(19-12-25-29(3)14(19)2)26-23(30)18-11-20(15-5-6-15)27-24-21(18)22(28-32-24)16-7-9-17(31-4)10-8-16/h7-13,15H,5-6H2,1-4H3,(H,26,30)/t13-/m0/s1. The Morgan fingerprint density at radius 1 is 1.28 bits per heavy atom. The molecule has 1 aliphatic carbocycles. The Morgan fingerprint density at radius 2 is 2.03 bits per heavy atom. The molecule has 0 saturated heterocycles. The van der Waals surface area contributed by atoms with Crippen LogP contribution < -0.4 is 10.1 Å². The van der Waals surface area contributed by atoms with Crippen LogP contribution in [0, 0.1) is 6.92 Å². The lowest BCUT2D eigenvalue weighted by molar-refractivity contribution is 0.0941. The van der Waals surface area contributed by atoms with Gasteiger partial charge in [0.1, 0.15) is 11.4 Å². The van der Waals surface area contributed by atoms with Crippen molar-refractivity contribution >= 4 is 17.0 Å². The molecule has 0 unspecified atom stereocenters. The second kappa shape index (κ2) is 7.78. The van der Waals surface area contributed by atoms with E-state index in [1.54, 1.807) is 18.0 Å². The summed E-state index contributed by atoms with van der Waals surface area (Å²) in [6.45, 7) is 3.95. The predicted molar refractivity (Wildman–Crippen MR) is 120 cm³/mol. The summed E-state index contributed by atoms with van der Waals surface area (Å²) in [5, 5.41) is 12.3. The molecule has 0 radical (unpaired) electrons. The number of methoxy groups -OCH3 is 1. The quantitative estimate of drug-likeness (QED) is 0.489. The molecule has 1 N–H and O–H groups in total. The molecule has 3 aromatic heterocycles. The van der Waals surface area contributed by atoms with Crippen LogP contribution in [0.15, 0.2) is 41.1 Å². The first-order valence-electron chi connectivity index (χ1n) is 10.7. The molecule has 1 atom stereocenters. The molecule has 0 aliphatic heterocycles. The number of hydrogen-bond donors (Lipinski definition) is 1. The van der Waals surface area contributed by atoms with Crippen LogP contribution in [0.5, 0.6) is 5.75 Å². The highest BCUT2D eigenvalue weighted by Crippen LogP contribution is 2.41. The molecule has 8 nitrogen and oxygen atoms in total. The van der Waals surface area contributed by atoms with E-state index in [1.807, 2.05) is 51.2 Å². The summed E-state index contributed by atoms with van der Waals surface area (Å²) in [5.74, 6) is 0.931. The summed E-state index contributed by atoms with van der Waals surface area (Å²) in [6.07, 6.45) is 3.94. The Kier molecular flexibility index (Phi) is 4.92. The smallest absolute Gasteiger partial charge is 0.259 e. The minimum atomic E-state index is -0.201. The molecule has 1 aromatic carbocycles. The van der Waals surface area contributed by atoms with E-state index in [4.69, 9.17) is 9.26 Å². The topological polar surface area (TPSA) is 95.1 Å². The van der Waals surface area contributed by atoms with Crippen molar-refractivity contribution in [3.8, 4) is 17.0 Å². The summed E-state index contributed by atoms with van der Waals surface area (Å²) in [5.41, 5.74) is 5.20. The maximum absolute atomic E-state index is 13.5. The number of benzene rings is 1. The van der Waals surface area contributed by atoms with Gasteiger partial charge in [-0.3, -0.25) is 9.48 Å². The Hall–Kier alpha value is -3.68. The molecular weight excluding hydrogens is 406 g/mol. The van der Waals surface area contributed by atoms with Crippen LogP contribution in [0.25, 0.3) is 22.4 Å². The number of nitrogens with zero attached hydrogens (tertiary/aromatic N) is 4. The number of amides is 1. The van der Waals surface area contributed by atoms with Crippen molar-refractivity contribution in [3.63, 3.8) is 0 Å². The van der Waals surface area contributed by atoms with Crippen LogP contribution in [-0.2, 0) is 7.05 Å². The van der Waals surface area contributed by atoms with Gasteiger partial charge in [-0.15, -0.1) is 0 Å². The zero-order valence-electron chi connectivity index (χ0n) is 18.5. The number of aryl methyl sites for hydroxylation is 1. The molecule has 0 spiro atoms. The van der Waals surface area contributed by atoms with E-state index in [9.17, 15) is 4.79 Å². The molecule has 32 heavy (non-hydrogen) atoms. The van der Waals surface area contributed by atoms with Crippen LogP contribution in [0.4, 0.5) is 0 Å². The lowest BCUT2D eigenvalue weighted by Crippen LogP contribution is -2.27. The van der Waals surface area contributed by atoms with E-state index in [2.05, 4.69) is 20.6 Å². The van der Waals surface area contributed by atoms with Gasteiger partial charge < -0.3 is 14.6 Å². The molecule has 1 fully saturated rings. The van der Waals surface area contributed by atoms with Gasteiger partial charge in [0.2, 0.25) is 0 Å². The van der Waals surface area contributed by atoms with Gasteiger partial charge in [-0.05, 0) is 57.0 Å². The van der Waals surface area contributed by atoms with Crippen LogP contribution in [0.3, 0.4) is 0 Å². The van der Waals surface area contributed by atoms with Gasteiger partial charge in [0.05, 0.1) is 30.3 Å². The number of carbonyl (C=O) groups excluding carboxylic acids is 1. The molecule has 5 rings (SSSR count). The van der Waals surface area contributed by atoms with E-state index in [0.29, 0.717) is 28.3 Å². The number of fused-ring (bicyclic) bond motifs is 1. The number of ether oxygens (including phenoxy) is 1. The van der Waals surface area contributed by atoms with Gasteiger partial charge in [0.25, 0.3) is 11.6 Å². The Labute approximate surface area is 185 Å². The lowest BCUT2D eigenvalue weighted by Gasteiger charge is -2.15. The van der Waals surface area contributed by atoms with Crippen LogP contribution >= 0.6 is 0 Å². The SMILES string of the molecule is COc1ccc(-c2noc3nc(C4CC4)cc(C(=O)N[C@@H](C)c4cnn(C)c4C)c23)cc1. The van der Waals surface area contributed by atoms with Crippen molar-refractivity contribution in [2.45, 2.75) is 38.6 Å². The molecule has 1 aliphatic rings. The number of hydrogen-bond acceptors (Lipinski definition) is 6. The lowest BCUT2D eigenvalue weighted by atomic mass is 10.0. The number of pyridine rings is 1. The number of rotatable bonds is 6. The monoisotopic (exact) mass is 431 g/mol. The average molecular weight is 431 g/mol. The minimum Gasteiger partial charge on any atom is -0.497 e. The first kappa shape index (κ1) is 20.2. The second-order valence-corrected chi connectivity index (χ2v) is 8.31. The third-order valence-corrected chi connectivity index (χ3v) is 6.16. The van der Waals surface area contributed by atoms with E-state index in [0.717, 1.165) is 41.1 Å². The second-order valence-electron chi connectivity index (χ2n) is 8.31. The largest absolute Gasteiger partial charge is 0.497 e. The first-order valence-corrected chi connectivity index (χ1v) is 10.7. The molecule has 8 heteroatoms. The zero-order valence-corrected chi connectivity index (χ0v) is 18.5. The average Bonchev–Trinajstić information content (AvgIpc) is 3.48. The Morgan fingerprint density at radius 3 is 2.66 bits per heavy atom. The van der Waals surface area contributed by atoms with Crippen molar-refractivity contribution in [2.75, 3.05) is 7.11 Å². The fourth-order valence-electron chi connectivity index (χ4n) is 3.98. The highest BCUT2D eigenvalue weighted by molar-refractivity contribution is 6.09.